The number of halogens is 3. The number of rotatable bonds is 11. The molecule has 1 fully saturated rings. The van der Waals surface area contributed by atoms with Gasteiger partial charge in [0.25, 0.3) is 3.79 Å². The van der Waals surface area contributed by atoms with E-state index in [2.05, 4.69) is 0 Å². The summed E-state index contributed by atoms with van der Waals surface area (Å²) >= 11 is 18.7. The number of benzene rings is 4. The van der Waals surface area contributed by atoms with E-state index in [1.54, 1.807) is 0 Å². The van der Waals surface area contributed by atoms with Crippen LogP contribution in [0.15, 0.2) is 121 Å². The number of aliphatic hydroxyl groups excluding tert-OH is 2. The van der Waals surface area contributed by atoms with Gasteiger partial charge in [-0.15, -0.1) is 0 Å². The van der Waals surface area contributed by atoms with Crippen molar-refractivity contribution in [3.05, 3.63) is 144 Å². The Balaban J connectivity index is 1.83. The quantitative estimate of drug-likeness (QED) is 0.0849. The van der Waals surface area contributed by atoms with Gasteiger partial charge in [0.2, 0.25) is 11.7 Å². The molecule has 0 amide bonds. The molecule has 1 saturated heterocycles. The minimum atomic E-state index is -2.33. The summed E-state index contributed by atoms with van der Waals surface area (Å²) in [7, 11) is 0. The van der Waals surface area contributed by atoms with Gasteiger partial charge >= 0.3 is 0 Å². The Bertz CT molecular complexity index is 1560. The molecule has 1 unspecified atom stereocenters. The Morgan fingerprint density at radius 2 is 1.15 bits per heavy atom. The van der Waals surface area contributed by atoms with E-state index < -0.39 is 45.5 Å². The van der Waals surface area contributed by atoms with Gasteiger partial charge < -0.3 is 29.5 Å². The van der Waals surface area contributed by atoms with Gasteiger partial charge in [0, 0.05) is 19.3 Å². The number of alkyl halides is 3. The highest BCUT2D eigenvalue weighted by Crippen LogP contribution is 2.53. The first-order chi connectivity index (χ1) is 22.0. The SMILES string of the molecule is N=C(OC1(Cc2ccccc2)O[C@H](CO)[C@@H](O)[C@@](O)(Cc2ccccc2)[C@@]1(Cc1ccccc1)OCc1ccccc1)C(Cl)(Cl)Cl. The van der Waals surface area contributed by atoms with Gasteiger partial charge in [-0.3, -0.25) is 5.41 Å². The van der Waals surface area contributed by atoms with Crippen molar-refractivity contribution in [1.82, 2.24) is 0 Å². The predicted octanol–water partition coefficient (Wildman–Crippen LogP) is 6.21. The number of hydrogen-bond donors (Lipinski definition) is 4. The molecule has 0 aliphatic carbocycles. The van der Waals surface area contributed by atoms with Crippen molar-refractivity contribution in [3.63, 3.8) is 0 Å². The van der Waals surface area contributed by atoms with E-state index in [0.717, 1.165) is 5.56 Å². The van der Waals surface area contributed by atoms with E-state index in [1.807, 2.05) is 121 Å². The second kappa shape index (κ2) is 14.4. The summed E-state index contributed by atoms with van der Waals surface area (Å²) in [6.07, 6.45) is -3.41. The molecule has 0 spiro atoms. The molecule has 5 rings (SSSR count). The first-order valence-corrected chi connectivity index (χ1v) is 16.0. The van der Waals surface area contributed by atoms with Gasteiger partial charge in [-0.05, 0) is 22.3 Å². The van der Waals surface area contributed by atoms with E-state index in [1.165, 1.54) is 0 Å². The van der Waals surface area contributed by atoms with E-state index in [-0.39, 0.29) is 25.9 Å². The van der Waals surface area contributed by atoms with Crippen LogP contribution in [-0.4, -0.2) is 60.8 Å². The van der Waals surface area contributed by atoms with Crippen molar-refractivity contribution < 1.29 is 29.5 Å². The van der Waals surface area contributed by atoms with Crippen molar-refractivity contribution >= 4 is 40.7 Å². The number of nitrogens with one attached hydrogen (secondary N) is 1. The molecule has 4 N–H and O–H groups in total. The average Bonchev–Trinajstić information content (AvgIpc) is 3.06. The average molecular weight is 685 g/mol. The second-order valence-electron chi connectivity index (χ2n) is 11.5. The van der Waals surface area contributed by atoms with E-state index in [4.69, 9.17) is 54.4 Å². The third-order valence-electron chi connectivity index (χ3n) is 8.42. The minimum absolute atomic E-state index is 0.0500. The standard InChI is InChI=1S/C36H36Cl3NO6/c37-36(38,39)32(40)46-35(23-28-17-9-3-10-18-28)34(22-27-15-7-2-8-16-27,44-25-29-19-11-4-12-20-29)33(43,31(42)30(24-41)45-35)21-26-13-5-1-6-14-26/h1-20,30-31,40-43H,21-25H2/t30-,31-,33+,34-,35?/m1/s1. The number of aliphatic hydroxyl groups is 3. The van der Waals surface area contributed by atoms with Crippen LogP contribution in [0.5, 0.6) is 0 Å². The molecule has 4 aromatic carbocycles. The van der Waals surface area contributed by atoms with Crippen molar-refractivity contribution in [2.24, 2.45) is 0 Å². The minimum Gasteiger partial charge on any atom is -0.442 e. The van der Waals surface area contributed by atoms with Crippen molar-refractivity contribution in [2.75, 3.05) is 6.61 Å². The molecule has 7 nitrogen and oxygen atoms in total. The molecule has 0 bridgehead atoms. The lowest BCUT2D eigenvalue weighted by atomic mass is 9.62. The van der Waals surface area contributed by atoms with Crippen molar-refractivity contribution in [1.29, 1.82) is 5.41 Å². The van der Waals surface area contributed by atoms with Gasteiger partial charge in [-0.2, -0.15) is 0 Å². The Morgan fingerprint density at radius 3 is 1.61 bits per heavy atom. The van der Waals surface area contributed by atoms with Gasteiger partial charge in [0.15, 0.2) is 5.60 Å². The fourth-order valence-corrected chi connectivity index (χ4v) is 6.34. The highest BCUT2D eigenvalue weighted by atomic mass is 35.6. The van der Waals surface area contributed by atoms with E-state index in [9.17, 15) is 15.3 Å². The maximum Gasteiger partial charge on any atom is 0.265 e. The summed E-state index contributed by atoms with van der Waals surface area (Å²) in [5.41, 5.74) is -1.39. The molecule has 0 saturated carbocycles. The summed E-state index contributed by atoms with van der Waals surface area (Å²) in [5.74, 6) is -2.93. The Labute approximate surface area is 283 Å². The zero-order chi connectivity index (χ0) is 32.8. The second-order valence-corrected chi connectivity index (χ2v) is 13.8. The fraction of sp³-hybridized carbons (Fsp3) is 0.306. The molecule has 0 radical (unpaired) electrons. The van der Waals surface area contributed by atoms with Crippen LogP contribution < -0.4 is 0 Å². The monoisotopic (exact) mass is 683 g/mol. The Kier molecular flexibility index (Phi) is 10.8. The zero-order valence-electron chi connectivity index (χ0n) is 24.9. The van der Waals surface area contributed by atoms with Crippen LogP contribution in [-0.2, 0) is 40.1 Å². The molecular formula is C36H36Cl3NO6. The summed E-state index contributed by atoms with van der Waals surface area (Å²) in [6.45, 7) is -0.745. The smallest absolute Gasteiger partial charge is 0.265 e. The van der Waals surface area contributed by atoms with Crippen LogP contribution in [0.25, 0.3) is 0 Å². The maximum atomic E-state index is 13.3. The molecule has 46 heavy (non-hydrogen) atoms. The number of hydrogen-bond acceptors (Lipinski definition) is 7. The molecule has 1 aliphatic rings. The van der Waals surface area contributed by atoms with Crippen LogP contribution in [0, 0.1) is 5.41 Å². The third kappa shape index (κ3) is 7.13. The largest absolute Gasteiger partial charge is 0.442 e. The molecule has 1 aliphatic heterocycles. The Morgan fingerprint density at radius 1 is 0.717 bits per heavy atom. The summed E-state index contributed by atoms with van der Waals surface area (Å²) in [5, 5.41) is 44.7. The molecule has 242 valence electrons. The highest BCUT2D eigenvalue weighted by Gasteiger charge is 2.74. The van der Waals surface area contributed by atoms with Crippen molar-refractivity contribution in [3.8, 4) is 0 Å². The lowest BCUT2D eigenvalue weighted by Gasteiger charge is -2.62. The molecule has 4 aromatic rings. The van der Waals surface area contributed by atoms with Crippen molar-refractivity contribution in [2.45, 2.75) is 58.9 Å². The molecule has 0 aromatic heterocycles. The van der Waals surface area contributed by atoms with E-state index >= 15 is 0 Å². The van der Waals surface area contributed by atoms with Gasteiger partial charge in [0.1, 0.15) is 17.8 Å². The first kappa shape index (κ1) is 34.4. The topological polar surface area (TPSA) is 112 Å². The lowest BCUT2D eigenvalue weighted by molar-refractivity contribution is -0.421. The number of ether oxygens (including phenoxy) is 3. The van der Waals surface area contributed by atoms with Crippen LogP contribution in [0.2, 0.25) is 0 Å². The fourth-order valence-electron chi connectivity index (χ4n) is 6.22. The lowest BCUT2D eigenvalue weighted by Crippen LogP contribution is -2.83. The summed E-state index contributed by atoms with van der Waals surface area (Å²) in [6, 6.07) is 36.9. The summed E-state index contributed by atoms with van der Waals surface area (Å²) < 4.78 is 17.6. The van der Waals surface area contributed by atoms with E-state index in [0.29, 0.717) is 16.7 Å². The van der Waals surface area contributed by atoms with Crippen LogP contribution >= 0.6 is 34.8 Å². The van der Waals surface area contributed by atoms with Crippen LogP contribution in [0.3, 0.4) is 0 Å². The van der Waals surface area contributed by atoms with Crippen LogP contribution in [0.4, 0.5) is 0 Å². The third-order valence-corrected chi connectivity index (χ3v) is 8.94. The van der Waals surface area contributed by atoms with Crippen LogP contribution in [0.1, 0.15) is 22.3 Å². The molecular weight excluding hydrogens is 649 g/mol. The maximum absolute atomic E-state index is 13.3. The first-order valence-electron chi connectivity index (χ1n) is 14.9. The zero-order valence-corrected chi connectivity index (χ0v) is 27.2. The normalized spacial score (nSPS) is 26.4. The molecule has 5 atom stereocenters. The van der Waals surface area contributed by atoms with Gasteiger partial charge in [0.05, 0.1) is 13.2 Å². The molecule has 10 heteroatoms. The Hall–Kier alpha value is -2.98. The summed E-state index contributed by atoms with van der Waals surface area (Å²) in [4.78, 5) is 0. The predicted molar refractivity (Wildman–Crippen MR) is 179 cm³/mol. The van der Waals surface area contributed by atoms with Gasteiger partial charge in [-0.1, -0.05) is 156 Å². The van der Waals surface area contributed by atoms with Gasteiger partial charge in [-0.25, -0.2) is 0 Å². The molecule has 1 heterocycles. The highest BCUT2D eigenvalue weighted by molar-refractivity contribution is 6.76.